The van der Waals surface area contributed by atoms with Gasteiger partial charge in [0.2, 0.25) is 0 Å². The zero-order chi connectivity index (χ0) is 13.1. The van der Waals surface area contributed by atoms with Crippen molar-refractivity contribution in [3.05, 3.63) is 11.6 Å². The number of carbonyl (C=O) groups excluding carboxylic acids is 1. The molecule has 0 N–H and O–H groups in total. The SMILES string of the molecule is CC1C/C(=C/CC[C@H](C)CC(C)(C)C)C(=O)O1. The van der Waals surface area contributed by atoms with Crippen molar-refractivity contribution in [3.63, 3.8) is 0 Å². The van der Waals surface area contributed by atoms with Crippen LogP contribution in [-0.4, -0.2) is 12.1 Å². The molecule has 1 saturated heterocycles. The molecule has 1 fully saturated rings. The Morgan fingerprint density at radius 3 is 2.59 bits per heavy atom. The first-order valence-corrected chi connectivity index (χ1v) is 6.68. The summed E-state index contributed by atoms with van der Waals surface area (Å²) in [6, 6.07) is 0. The second-order valence-corrected chi connectivity index (χ2v) is 6.60. The molecule has 1 unspecified atom stereocenters. The Kier molecular flexibility index (Phi) is 4.79. The maximum absolute atomic E-state index is 11.4. The van der Waals surface area contributed by atoms with Gasteiger partial charge in [-0.2, -0.15) is 0 Å². The van der Waals surface area contributed by atoms with E-state index in [1.165, 1.54) is 6.42 Å². The van der Waals surface area contributed by atoms with Crippen molar-refractivity contribution < 1.29 is 9.53 Å². The van der Waals surface area contributed by atoms with E-state index >= 15 is 0 Å². The molecule has 1 aliphatic heterocycles. The predicted molar refractivity (Wildman–Crippen MR) is 70.7 cm³/mol. The third kappa shape index (κ3) is 5.38. The summed E-state index contributed by atoms with van der Waals surface area (Å²) < 4.78 is 5.10. The van der Waals surface area contributed by atoms with Crippen LogP contribution in [0.5, 0.6) is 0 Å². The Labute approximate surface area is 105 Å². The number of hydrogen-bond acceptors (Lipinski definition) is 2. The highest BCUT2D eigenvalue weighted by molar-refractivity contribution is 5.90. The van der Waals surface area contributed by atoms with E-state index in [-0.39, 0.29) is 12.1 Å². The molecule has 0 aliphatic carbocycles. The van der Waals surface area contributed by atoms with Crippen molar-refractivity contribution in [3.8, 4) is 0 Å². The Morgan fingerprint density at radius 2 is 2.12 bits per heavy atom. The third-order valence-electron chi connectivity index (χ3n) is 3.09. The van der Waals surface area contributed by atoms with E-state index in [2.05, 4.69) is 33.8 Å². The first-order valence-electron chi connectivity index (χ1n) is 6.68. The number of allylic oxidation sites excluding steroid dienone is 1. The van der Waals surface area contributed by atoms with E-state index in [1.54, 1.807) is 0 Å². The van der Waals surface area contributed by atoms with Gasteiger partial charge >= 0.3 is 5.97 Å². The van der Waals surface area contributed by atoms with Crippen LogP contribution in [0.25, 0.3) is 0 Å². The molecular weight excluding hydrogens is 212 g/mol. The molecular formula is C15H26O2. The van der Waals surface area contributed by atoms with Gasteiger partial charge in [0.05, 0.1) is 0 Å². The number of carbonyl (C=O) groups is 1. The molecule has 0 saturated carbocycles. The van der Waals surface area contributed by atoms with Crippen LogP contribution >= 0.6 is 0 Å². The summed E-state index contributed by atoms with van der Waals surface area (Å²) in [5, 5.41) is 0. The van der Waals surface area contributed by atoms with Crippen molar-refractivity contribution in [2.45, 2.75) is 66.4 Å². The van der Waals surface area contributed by atoms with Crippen LogP contribution in [0.4, 0.5) is 0 Å². The lowest BCUT2D eigenvalue weighted by Gasteiger charge is -2.22. The molecule has 17 heavy (non-hydrogen) atoms. The maximum Gasteiger partial charge on any atom is 0.334 e. The minimum Gasteiger partial charge on any atom is -0.459 e. The zero-order valence-corrected chi connectivity index (χ0v) is 11.9. The largest absolute Gasteiger partial charge is 0.459 e. The molecule has 0 aromatic heterocycles. The third-order valence-corrected chi connectivity index (χ3v) is 3.09. The highest BCUT2D eigenvalue weighted by atomic mass is 16.5. The van der Waals surface area contributed by atoms with Crippen LogP contribution in [0, 0.1) is 11.3 Å². The zero-order valence-electron chi connectivity index (χ0n) is 11.9. The van der Waals surface area contributed by atoms with Crippen molar-refractivity contribution in [1.29, 1.82) is 0 Å². The summed E-state index contributed by atoms with van der Waals surface area (Å²) in [7, 11) is 0. The van der Waals surface area contributed by atoms with Crippen molar-refractivity contribution >= 4 is 5.97 Å². The summed E-state index contributed by atoms with van der Waals surface area (Å²) in [5.74, 6) is 0.600. The Bertz CT molecular complexity index is 297. The van der Waals surface area contributed by atoms with Gasteiger partial charge in [0.25, 0.3) is 0 Å². The number of esters is 1. The van der Waals surface area contributed by atoms with Gasteiger partial charge in [0.1, 0.15) is 6.10 Å². The normalized spacial score (nSPS) is 25.1. The summed E-state index contributed by atoms with van der Waals surface area (Å²) >= 11 is 0. The fourth-order valence-electron chi connectivity index (χ4n) is 2.55. The molecule has 0 aromatic carbocycles. The summed E-state index contributed by atoms with van der Waals surface area (Å²) in [6.45, 7) is 11.1. The molecule has 0 aromatic rings. The summed E-state index contributed by atoms with van der Waals surface area (Å²) in [4.78, 5) is 11.4. The van der Waals surface area contributed by atoms with Crippen LogP contribution in [0.15, 0.2) is 11.6 Å². The van der Waals surface area contributed by atoms with Crippen molar-refractivity contribution in [2.24, 2.45) is 11.3 Å². The molecule has 0 amide bonds. The quantitative estimate of drug-likeness (QED) is 0.544. The maximum atomic E-state index is 11.4. The van der Waals surface area contributed by atoms with Gasteiger partial charge < -0.3 is 4.74 Å². The summed E-state index contributed by atoms with van der Waals surface area (Å²) in [5.41, 5.74) is 1.27. The number of ether oxygens (including phenoxy) is 1. The molecule has 1 aliphatic rings. The summed E-state index contributed by atoms with van der Waals surface area (Å²) in [6.07, 6.45) is 6.31. The van der Waals surface area contributed by atoms with Gasteiger partial charge in [0, 0.05) is 12.0 Å². The topological polar surface area (TPSA) is 26.3 Å². The second kappa shape index (κ2) is 5.70. The molecule has 98 valence electrons. The van der Waals surface area contributed by atoms with Gasteiger partial charge in [-0.25, -0.2) is 4.79 Å². The average Bonchev–Trinajstić information content (AvgIpc) is 2.42. The molecule has 0 radical (unpaired) electrons. The van der Waals surface area contributed by atoms with Crippen molar-refractivity contribution in [1.82, 2.24) is 0 Å². The van der Waals surface area contributed by atoms with E-state index in [4.69, 9.17) is 4.74 Å². The number of hydrogen-bond donors (Lipinski definition) is 0. The average molecular weight is 238 g/mol. The molecule has 1 heterocycles. The van der Waals surface area contributed by atoms with E-state index in [0.29, 0.717) is 11.3 Å². The van der Waals surface area contributed by atoms with E-state index < -0.39 is 0 Å². The molecule has 0 spiro atoms. The lowest BCUT2D eigenvalue weighted by molar-refractivity contribution is -0.138. The second-order valence-electron chi connectivity index (χ2n) is 6.60. The molecule has 0 bridgehead atoms. The van der Waals surface area contributed by atoms with Gasteiger partial charge in [-0.15, -0.1) is 0 Å². The highest BCUT2D eigenvalue weighted by Gasteiger charge is 2.24. The van der Waals surface area contributed by atoms with Crippen LogP contribution in [0.1, 0.15) is 60.3 Å². The van der Waals surface area contributed by atoms with Gasteiger partial charge in [0.15, 0.2) is 0 Å². The minimum absolute atomic E-state index is 0.0701. The van der Waals surface area contributed by atoms with E-state index in [9.17, 15) is 4.79 Å². The van der Waals surface area contributed by atoms with Crippen molar-refractivity contribution in [2.75, 3.05) is 0 Å². The first kappa shape index (κ1) is 14.3. The van der Waals surface area contributed by atoms with E-state index in [1.807, 2.05) is 6.92 Å². The van der Waals surface area contributed by atoms with Crippen LogP contribution in [0.2, 0.25) is 0 Å². The molecule has 2 heteroatoms. The number of cyclic esters (lactones) is 1. The minimum atomic E-state index is -0.110. The molecule has 2 atom stereocenters. The van der Waals surface area contributed by atoms with Crippen LogP contribution < -0.4 is 0 Å². The molecule has 1 rings (SSSR count). The van der Waals surface area contributed by atoms with Gasteiger partial charge in [-0.05, 0) is 37.5 Å². The predicted octanol–water partition coefficient (Wildman–Crippen LogP) is 4.10. The monoisotopic (exact) mass is 238 g/mol. The van der Waals surface area contributed by atoms with Crippen LogP contribution in [-0.2, 0) is 9.53 Å². The van der Waals surface area contributed by atoms with E-state index in [0.717, 1.165) is 24.8 Å². The lowest BCUT2D eigenvalue weighted by Crippen LogP contribution is -2.10. The van der Waals surface area contributed by atoms with Gasteiger partial charge in [-0.3, -0.25) is 0 Å². The Balaban J connectivity index is 2.32. The molecule has 2 nitrogen and oxygen atoms in total. The van der Waals surface area contributed by atoms with Crippen LogP contribution in [0.3, 0.4) is 0 Å². The fourth-order valence-corrected chi connectivity index (χ4v) is 2.55. The smallest absolute Gasteiger partial charge is 0.334 e. The first-order chi connectivity index (χ1) is 7.78. The van der Waals surface area contributed by atoms with Gasteiger partial charge in [-0.1, -0.05) is 33.8 Å². The Morgan fingerprint density at radius 1 is 1.47 bits per heavy atom. The fraction of sp³-hybridized carbons (Fsp3) is 0.800. The lowest BCUT2D eigenvalue weighted by atomic mass is 9.83. The standard InChI is InChI=1S/C15H26O2/c1-11(10-15(3,4)5)7-6-8-13-9-12(2)17-14(13)16/h8,11-12H,6-7,9-10H2,1-5H3/b13-8-/t11-,12?/m0/s1. The highest BCUT2D eigenvalue weighted by Crippen LogP contribution is 2.27. The number of rotatable bonds is 4. The Hall–Kier alpha value is -0.790.